The lowest BCUT2D eigenvalue weighted by atomic mass is 10.2. The van der Waals surface area contributed by atoms with Gasteiger partial charge in [-0.2, -0.15) is 0 Å². The maximum atomic E-state index is 11.6. The molecule has 2 N–H and O–H groups in total. The summed E-state index contributed by atoms with van der Waals surface area (Å²) in [7, 11) is 1.91. The Kier molecular flexibility index (Phi) is 3.94. The van der Waals surface area contributed by atoms with Crippen LogP contribution in [-0.2, 0) is 17.9 Å². The molecule has 5 heteroatoms. The Balaban J connectivity index is 2.35. The van der Waals surface area contributed by atoms with E-state index < -0.39 is 0 Å². The third-order valence-corrected chi connectivity index (χ3v) is 2.77. The minimum absolute atomic E-state index is 0.0102. The molecule has 2 rings (SSSR count). The monoisotopic (exact) mass is 246 g/mol. The van der Waals surface area contributed by atoms with E-state index in [2.05, 4.69) is 15.6 Å². The van der Waals surface area contributed by atoms with Gasteiger partial charge in [0.1, 0.15) is 12.2 Å². The summed E-state index contributed by atoms with van der Waals surface area (Å²) in [5.74, 6) is 0.0102. The van der Waals surface area contributed by atoms with Crippen molar-refractivity contribution in [3.63, 3.8) is 0 Å². The van der Waals surface area contributed by atoms with E-state index in [0.29, 0.717) is 13.1 Å². The number of likely N-dealkylation sites (N-methyl/N-ethyl adjacent to an activating group) is 1. The third-order valence-electron chi connectivity index (χ3n) is 2.77. The maximum Gasteiger partial charge on any atom is 0.239 e. The molecular weight excluding hydrogens is 228 g/mol. The van der Waals surface area contributed by atoms with Crippen molar-refractivity contribution in [2.75, 3.05) is 13.6 Å². The van der Waals surface area contributed by atoms with Crippen molar-refractivity contribution in [3.05, 3.63) is 30.1 Å². The fraction of sp³-hybridized carbons (Fsp3) is 0.385. The number of pyridine rings is 1. The van der Waals surface area contributed by atoms with Crippen molar-refractivity contribution in [2.45, 2.75) is 20.0 Å². The smallest absolute Gasteiger partial charge is 0.239 e. The molecular formula is C13H18N4O. The summed E-state index contributed by atoms with van der Waals surface area (Å²) in [6.07, 6.45) is 3.74. The van der Waals surface area contributed by atoms with Gasteiger partial charge in [-0.15, -0.1) is 0 Å². The molecule has 0 saturated heterocycles. The van der Waals surface area contributed by atoms with Gasteiger partial charge >= 0.3 is 0 Å². The van der Waals surface area contributed by atoms with E-state index in [4.69, 9.17) is 0 Å². The minimum Gasteiger partial charge on any atom is -0.355 e. The quantitative estimate of drug-likeness (QED) is 0.824. The van der Waals surface area contributed by atoms with Crippen LogP contribution in [0.1, 0.15) is 12.5 Å². The molecule has 0 aliphatic rings. The summed E-state index contributed by atoms with van der Waals surface area (Å²) in [6, 6.07) is 3.95. The van der Waals surface area contributed by atoms with Gasteiger partial charge in [-0.05, 0) is 31.7 Å². The zero-order valence-electron chi connectivity index (χ0n) is 10.7. The SMILES string of the molecule is CCNC(=O)Cn1cc(CNC)c2cccnc21. The summed E-state index contributed by atoms with van der Waals surface area (Å²) in [6.45, 7) is 3.64. The number of nitrogens with zero attached hydrogens (tertiary/aromatic N) is 2. The summed E-state index contributed by atoms with van der Waals surface area (Å²) in [4.78, 5) is 16.0. The Morgan fingerprint density at radius 2 is 2.33 bits per heavy atom. The van der Waals surface area contributed by atoms with Gasteiger partial charge in [0.2, 0.25) is 5.91 Å². The maximum absolute atomic E-state index is 11.6. The second-order valence-electron chi connectivity index (χ2n) is 4.14. The lowest BCUT2D eigenvalue weighted by molar-refractivity contribution is -0.121. The van der Waals surface area contributed by atoms with Crippen molar-refractivity contribution in [3.8, 4) is 0 Å². The number of hydrogen-bond donors (Lipinski definition) is 2. The number of carbonyl (C=O) groups excluding carboxylic acids is 1. The van der Waals surface area contributed by atoms with E-state index in [1.165, 1.54) is 0 Å². The molecule has 2 aromatic heterocycles. The largest absolute Gasteiger partial charge is 0.355 e. The molecule has 0 spiro atoms. The van der Waals surface area contributed by atoms with Crippen LogP contribution in [-0.4, -0.2) is 29.1 Å². The van der Waals surface area contributed by atoms with Gasteiger partial charge in [0.05, 0.1) is 0 Å². The van der Waals surface area contributed by atoms with Crippen molar-refractivity contribution in [1.82, 2.24) is 20.2 Å². The van der Waals surface area contributed by atoms with Crippen LogP contribution < -0.4 is 10.6 Å². The number of carbonyl (C=O) groups is 1. The number of hydrogen-bond acceptors (Lipinski definition) is 3. The van der Waals surface area contributed by atoms with Crippen LogP contribution in [0.3, 0.4) is 0 Å². The van der Waals surface area contributed by atoms with Crippen molar-refractivity contribution in [2.24, 2.45) is 0 Å². The fourth-order valence-electron chi connectivity index (χ4n) is 2.05. The van der Waals surface area contributed by atoms with Gasteiger partial charge in [0, 0.05) is 30.9 Å². The van der Waals surface area contributed by atoms with Crippen LogP contribution in [0.15, 0.2) is 24.5 Å². The standard InChI is InChI=1S/C13H18N4O/c1-3-15-12(18)9-17-8-10(7-14-2)11-5-4-6-16-13(11)17/h4-6,8,14H,3,7,9H2,1-2H3,(H,15,18). The highest BCUT2D eigenvalue weighted by Crippen LogP contribution is 2.18. The molecule has 0 bridgehead atoms. The summed E-state index contributed by atoms with van der Waals surface area (Å²) in [5, 5.41) is 7.02. The molecule has 5 nitrogen and oxygen atoms in total. The molecule has 0 fully saturated rings. The predicted octanol–water partition coefficient (Wildman–Crippen LogP) is 0.892. The highest BCUT2D eigenvalue weighted by molar-refractivity contribution is 5.83. The third kappa shape index (κ3) is 2.51. The summed E-state index contributed by atoms with van der Waals surface area (Å²) < 4.78 is 1.90. The fourth-order valence-corrected chi connectivity index (χ4v) is 2.05. The first-order valence-corrected chi connectivity index (χ1v) is 6.10. The second kappa shape index (κ2) is 5.64. The Hall–Kier alpha value is -1.88. The number of nitrogens with one attached hydrogen (secondary N) is 2. The van der Waals surface area contributed by atoms with E-state index in [1.807, 2.05) is 36.9 Å². The number of fused-ring (bicyclic) bond motifs is 1. The minimum atomic E-state index is 0.0102. The van der Waals surface area contributed by atoms with Gasteiger partial charge in [-0.3, -0.25) is 4.79 Å². The van der Waals surface area contributed by atoms with Crippen LogP contribution in [0.25, 0.3) is 11.0 Å². The topological polar surface area (TPSA) is 59.0 Å². The van der Waals surface area contributed by atoms with Crippen LogP contribution in [0.4, 0.5) is 0 Å². The van der Waals surface area contributed by atoms with Crippen molar-refractivity contribution >= 4 is 16.9 Å². The number of aromatic nitrogens is 2. The van der Waals surface area contributed by atoms with E-state index in [-0.39, 0.29) is 5.91 Å². The molecule has 1 amide bonds. The Morgan fingerprint density at radius 1 is 1.50 bits per heavy atom. The molecule has 0 saturated carbocycles. The van der Waals surface area contributed by atoms with Gasteiger partial charge in [-0.1, -0.05) is 0 Å². The van der Waals surface area contributed by atoms with Crippen LogP contribution in [0.2, 0.25) is 0 Å². The first-order valence-electron chi connectivity index (χ1n) is 6.10. The van der Waals surface area contributed by atoms with Crippen LogP contribution in [0, 0.1) is 0 Å². The van der Waals surface area contributed by atoms with Gasteiger partial charge in [0.15, 0.2) is 0 Å². The van der Waals surface area contributed by atoms with Crippen molar-refractivity contribution < 1.29 is 4.79 Å². The van der Waals surface area contributed by atoms with Crippen LogP contribution in [0.5, 0.6) is 0 Å². The normalized spacial score (nSPS) is 10.8. The first kappa shape index (κ1) is 12.6. The molecule has 0 radical (unpaired) electrons. The zero-order chi connectivity index (χ0) is 13.0. The molecule has 0 aliphatic heterocycles. The van der Waals surface area contributed by atoms with E-state index in [9.17, 15) is 4.79 Å². The molecule has 0 atom stereocenters. The van der Waals surface area contributed by atoms with Gasteiger partial charge in [0.25, 0.3) is 0 Å². The highest BCUT2D eigenvalue weighted by Gasteiger charge is 2.10. The van der Waals surface area contributed by atoms with Gasteiger partial charge in [-0.25, -0.2) is 4.98 Å². The number of amides is 1. The average molecular weight is 246 g/mol. The lowest BCUT2D eigenvalue weighted by Gasteiger charge is -2.04. The summed E-state index contributed by atoms with van der Waals surface area (Å²) in [5.41, 5.74) is 2.01. The van der Waals surface area contributed by atoms with Crippen molar-refractivity contribution in [1.29, 1.82) is 0 Å². The Morgan fingerprint density at radius 3 is 3.06 bits per heavy atom. The average Bonchev–Trinajstić information content (AvgIpc) is 2.69. The van der Waals surface area contributed by atoms with E-state index in [1.54, 1.807) is 6.20 Å². The molecule has 2 heterocycles. The molecule has 0 aromatic carbocycles. The first-order chi connectivity index (χ1) is 8.76. The van der Waals surface area contributed by atoms with Crippen LogP contribution >= 0.6 is 0 Å². The lowest BCUT2D eigenvalue weighted by Crippen LogP contribution is -2.26. The van der Waals surface area contributed by atoms with Gasteiger partial charge < -0.3 is 15.2 Å². The number of rotatable bonds is 5. The molecule has 96 valence electrons. The molecule has 0 unspecified atom stereocenters. The van der Waals surface area contributed by atoms with E-state index >= 15 is 0 Å². The summed E-state index contributed by atoms with van der Waals surface area (Å²) >= 11 is 0. The Bertz CT molecular complexity index is 547. The second-order valence-corrected chi connectivity index (χ2v) is 4.14. The van der Waals surface area contributed by atoms with E-state index in [0.717, 1.165) is 23.1 Å². The molecule has 0 aliphatic carbocycles. The molecule has 18 heavy (non-hydrogen) atoms. The highest BCUT2D eigenvalue weighted by atomic mass is 16.1. The Labute approximate surface area is 106 Å². The zero-order valence-corrected chi connectivity index (χ0v) is 10.7. The molecule has 2 aromatic rings. The predicted molar refractivity (Wildman–Crippen MR) is 71.2 cm³/mol.